The normalized spacial score (nSPS) is 10.4. The van der Waals surface area contributed by atoms with Gasteiger partial charge in [-0.2, -0.15) is 0 Å². The molecule has 0 fully saturated rings. The zero-order chi connectivity index (χ0) is 13.3. The Morgan fingerprint density at radius 1 is 1.17 bits per heavy atom. The lowest BCUT2D eigenvalue weighted by Crippen LogP contribution is -1.94. The Labute approximate surface area is 102 Å². The van der Waals surface area contributed by atoms with Gasteiger partial charge in [-0.05, 0) is 18.6 Å². The Hall–Kier alpha value is -2.30. The van der Waals surface area contributed by atoms with Gasteiger partial charge < -0.3 is 0 Å². The van der Waals surface area contributed by atoms with Crippen molar-refractivity contribution in [2.45, 2.75) is 6.92 Å². The molecule has 0 saturated carbocycles. The molecule has 2 rings (SSSR count). The fourth-order valence-electron chi connectivity index (χ4n) is 1.70. The maximum atomic E-state index is 13.6. The van der Waals surface area contributed by atoms with Gasteiger partial charge in [0.25, 0.3) is 5.69 Å². The van der Waals surface area contributed by atoms with Crippen LogP contribution in [0.25, 0.3) is 11.1 Å². The van der Waals surface area contributed by atoms with Gasteiger partial charge in [0.1, 0.15) is 0 Å². The highest BCUT2D eigenvalue weighted by atomic mass is 19.2. The van der Waals surface area contributed by atoms with E-state index >= 15 is 0 Å². The predicted octanol–water partition coefficient (Wildman–Crippen LogP) is 3.85. The van der Waals surface area contributed by atoms with Crippen molar-refractivity contribution in [1.82, 2.24) is 0 Å². The maximum absolute atomic E-state index is 13.6. The third kappa shape index (κ3) is 2.07. The second kappa shape index (κ2) is 4.52. The summed E-state index contributed by atoms with van der Waals surface area (Å²) in [5.74, 6) is -1.98. The summed E-state index contributed by atoms with van der Waals surface area (Å²) in [6.45, 7) is 1.59. The molecule has 0 atom stereocenters. The van der Waals surface area contributed by atoms with Crippen LogP contribution in [0.1, 0.15) is 5.56 Å². The molecule has 3 nitrogen and oxygen atoms in total. The maximum Gasteiger partial charge on any atom is 0.272 e. The average molecular weight is 249 g/mol. The molecule has 0 saturated heterocycles. The highest BCUT2D eigenvalue weighted by molar-refractivity contribution is 5.68. The first-order valence-corrected chi connectivity index (χ1v) is 5.20. The average Bonchev–Trinajstić information content (AvgIpc) is 2.33. The molecule has 0 amide bonds. The van der Waals surface area contributed by atoms with Crippen LogP contribution in [0.5, 0.6) is 0 Å². The van der Waals surface area contributed by atoms with E-state index in [4.69, 9.17) is 0 Å². The fraction of sp³-hybridized carbons (Fsp3) is 0.0769. The van der Waals surface area contributed by atoms with Crippen LogP contribution in [0, 0.1) is 28.7 Å². The molecule has 0 radical (unpaired) electrons. The van der Waals surface area contributed by atoms with Gasteiger partial charge in [-0.3, -0.25) is 10.1 Å². The second-order valence-electron chi connectivity index (χ2n) is 3.86. The first kappa shape index (κ1) is 12.2. The van der Waals surface area contributed by atoms with E-state index in [2.05, 4.69) is 0 Å². The molecular formula is C13H9F2NO2. The molecule has 18 heavy (non-hydrogen) atoms. The summed E-state index contributed by atoms with van der Waals surface area (Å²) in [7, 11) is 0. The minimum atomic E-state index is -1.00. The molecule has 0 heterocycles. The van der Waals surface area contributed by atoms with Gasteiger partial charge in [0.15, 0.2) is 11.6 Å². The molecule has 0 N–H and O–H groups in total. The summed E-state index contributed by atoms with van der Waals surface area (Å²) >= 11 is 0. The van der Waals surface area contributed by atoms with Crippen LogP contribution in [0.4, 0.5) is 14.5 Å². The van der Waals surface area contributed by atoms with Gasteiger partial charge in [-0.15, -0.1) is 0 Å². The summed E-state index contributed by atoms with van der Waals surface area (Å²) in [5.41, 5.74) is 0.652. The van der Waals surface area contributed by atoms with Crippen LogP contribution in [-0.4, -0.2) is 4.92 Å². The lowest BCUT2D eigenvalue weighted by Gasteiger charge is -2.05. The number of rotatable bonds is 2. The Balaban J connectivity index is 2.62. The van der Waals surface area contributed by atoms with E-state index in [9.17, 15) is 18.9 Å². The van der Waals surface area contributed by atoms with E-state index in [0.717, 1.165) is 6.07 Å². The number of hydrogen-bond acceptors (Lipinski definition) is 2. The monoisotopic (exact) mass is 249 g/mol. The number of aryl methyl sites for hydroxylation is 1. The number of nitrogens with zero attached hydrogens (tertiary/aromatic N) is 1. The molecule has 0 aliphatic rings. The van der Waals surface area contributed by atoms with E-state index in [-0.39, 0.29) is 16.8 Å². The smallest absolute Gasteiger partial charge is 0.258 e. The van der Waals surface area contributed by atoms with E-state index in [1.165, 1.54) is 30.3 Å². The molecule has 0 bridgehead atoms. The molecule has 92 valence electrons. The fourth-order valence-corrected chi connectivity index (χ4v) is 1.70. The van der Waals surface area contributed by atoms with Crippen LogP contribution in [0.2, 0.25) is 0 Å². The van der Waals surface area contributed by atoms with Gasteiger partial charge in [0, 0.05) is 17.2 Å². The first-order chi connectivity index (χ1) is 8.50. The Morgan fingerprint density at radius 2 is 1.89 bits per heavy atom. The van der Waals surface area contributed by atoms with Crippen LogP contribution < -0.4 is 0 Å². The van der Waals surface area contributed by atoms with Crippen molar-refractivity contribution < 1.29 is 13.7 Å². The molecule has 0 aliphatic heterocycles. The molecule has 0 unspecified atom stereocenters. The largest absolute Gasteiger partial charge is 0.272 e. The summed E-state index contributed by atoms with van der Waals surface area (Å²) in [6.07, 6.45) is 0. The number of nitro benzene ring substituents is 1. The van der Waals surface area contributed by atoms with E-state index in [0.29, 0.717) is 5.56 Å². The van der Waals surface area contributed by atoms with Crippen LogP contribution >= 0.6 is 0 Å². The van der Waals surface area contributed by atoms with Crippen LogP contribution in [-0.2, 0) is 0 Å². The SMILES string of the molecule is Cc1ccc(-c2cccc(F)c2F)cc1[N+](=O)[O-]. The number of halogens is 2. The van der Waals surface area contributed by atoms with Gasteiger partial charge in [0.05, 0.1) is 4.92 Å². The third-order valence-electron chi connectivity index (χ3n) is 2.67. The minimum Gasteiger partial charge on any atom is -0.258 e. The van der Waals surface area contributed by atoms with Gasteiger partial charge in [-0.25, -0.2) is 8.78 Å². The number of benzene rings is 2. The van der Waals surface area contributed by atoms with Crippen molar-refractivity contribution >= 4 is 5.69 Å². The quantitative estimate of drug-likeness (QED) is 0.599. The van der Waals surface area contributed by atoms with Gasteiger partial charge >= 0.3 is 0 Å². The number of hydrogen-bond donors (Lipinski definition) is 0. The van der Waals surface area contributed by atoms with Crippen molar-refractivity contribution in [2.75, 3.05) is 0 Å². The summed E-state index contributed by atoms with van der Waals surface area (Å²) in [6, 6.07) is 8.03. The Bertz CT molecular complexity index is 626. The van der Waals surface area contributed by atoms with Crippen molar-refractivity contribution in [2.24, 2.45) is 0 Å². The van der Waals surface area contributed by atoms with E-state index < -0.39 is 16.6 Å². The molecular weight excluding hydrogens is 240 g/mol. The zero-order valence-electron chi connectivity index (χ0n) is 9.48. The molecule has 0 aliphatic carbocycles. The van der Waals surface area contributed by atoms with E-state index in [1.54, 1.807) is 6.92 Å². The topological polar surface area (TPSA) is 43.1 Å². The number of nitro groups is 1. The highest BCUT2D eigenvalue weighted by Gasteiger charge is 2.15. The summed E-state index contributed by atoms with van der Waals surface area (Å²) in [5, 5.41) is 10.8. The van der Waals surface area contributed by atoms with Crippen molar-refractivity contribution in [1.29, 1.82) is 0 Å². The molecule has 5 heteroatoms. The summed E-state index contributed by atoms with van der Waals surface area (Å²) < 4.78 is 26.7. The second-order valence-corrected chi connectivity index (χ2v) is 3.86. The van der Waals surface area contributed by atoms with E-state index in [1.807, 2.05) is 0 Å². The zero-order valence-corrected chi connectivity index (χ0v) is 9.48. The molecule has 0 aromatic heterocycles. The molecule has 0 spiro atoms. The predicted molar refractivity (Wildman–Crippen MR) is 63.2 cm³/mol. The molecule has 2 aromatic rings. The standard InChI is InChI=1S/C13H9F2NO2/c1-8-5-6-9(7-12(8)16(17)18)10-3-2-4-11(14)13(10)15/h2-7H,1H3. The summed E-state index contributed by atoms with van der Waals surface area (Å²) in [4.78, 5) is 10.2. The van der Waals surface area contributed by atoms with Gasteiger partial charge in [-0.1, -0.05) is 24.3 Å². The van der Waals surface area contributed by atoms with Crippen molar-refractivity contribution in [3.05, 3.63) is 63.7 Å². The molecule has 2 aromatic carbocycles. The lowest BCUT2D eigenvalue weighted by atomic mass is 10.0. The minimum absolute atomic E-state index is 0.0121. The van der Waals surface area contributed by atoms with Crippen molar-refractivity contribution in [3.8, 4) is 11.1 Å². The van der Waals surface area contributed by atoms with Gasteiger partial charge in [0.2, 0.25) is 0 Å². The first-order valence-electron chi connectivity index (χ1n) is 5.20. The third-order valence-corrected chi connectivity index (χ3v) is 2.67. The highest BCUT2D eigenvalue weighted by Crippen LogP contribution is 2.29. The Morgan fingerprint density at radius 3 is 2.56 bits per heavy atom. The van der Waals surface area contributed by atoms with Crippen molar-refractivity contribution in [3.63, 3.8) is 0 Å². The van der Waals surface area contributed by atoms with Crippen LogP contribution in [0.15, 0.2) is 36.4 Å². The lowest BCUT2D eigenvalue weighted by molar-refractivity contribution is -0.385. The van der Waals surface area contributed by atoms with Crippen LogP contribution in [0.3, 0.4) is 0 Å². The Kier molecular flexibility index (Phi) is 3.06.